The molecule has 1 aromatic rings. The van der Waals surface area contributed by atoms with Crippen molar-refractivity contribution in [3.05, 3.63) is 29.3 Å². The van der Waals surface area contributed by atoms with Crippen molar-refractivity contribution in [2.75, 3.05) is 6.61 Å². The number of nitrogens with two attached hydrogens (primary N) is 1. The fraction of sp³-hybridized carbons (Fsp3) is 0.364. The maximum Gasteiger partial charge on any atom is 0.329 e. The first-order valence-corrected chi connectivity index (χ1v) is 4.99. The number of carbonyl (C=O) groups is 1. The molecule has 0 saturated heterocycles. The van der Waals surface area contributed by atoms with E-state index in [9.17, 15) is 9.90 Å². The van der Waals surface area contributed by atoms with E-state index in [-0.39, 0.29) is 18.4 Å². The van der Waals surface area contributed by atoms with Crippen LogP contribution in [-0.4, -0.2) is 28.8 Å². The molecule has 0 aromatic heterocycles. The Hall–Kier alpha value is -1.59. The number of rotatable bonds is 3. The predicted molar refractivity (Wildman–Crippen MR) is 56.1 cm³/mol. The van der Waals surface area contributed by atoms with Crippen molar-refractivity contribution >= 4 is 5.97 Å². The molecule has 4 N–H and O–H groups in total. The van der Waals surface area contributed by atoms with Gasteiger partial charge in [0.2, 0.25) is 0 Å². The van der Waals surface area contributed by atoms with Crippen LogP contribution < -0.4 is 5.73 Å². The van der Waals surface area contributed by atoms with E-state index in [0.29, 0.717) is 6.42 Å². The van der Waals surface area contributed by atoms with Crippen LogP contribution in [0, 0.1) is 0 Å². The molecular weight excluding hydrogens is 210 g/mol. The van der Waals surface area contributed by atoms with Gasteiger partial charge in [-0.25, -0.2) is 4.79 Å². The van der Waals surface area contributed by atoms with Crippen molar-refractivity contribution in [3.8, 4) is 5.75 Å². The molecule has 1 aromatic carbocycles. The van der Waals surface area contributed by atoms with E-state index in [1.54, 1.807) is 18.2 Å². The number of phenolic OH excluding ortho intramolecular Hbond substituents is 1. The molecular formula is C11H13NO4. The van der Waals surface area contributed by atoms with E-state index in [4.69, 9.17) is 15.6 Å². The molecule has 0 aliphatic heterocycles. The molecule has 2 rings (SSSR count). The summed E-state index contributed by atoms with van der Waals surface area (Å²) in [6, 6.07) is 4.78. The minimum atomic E-state index is -1.03. The lowest BCUT2D eigenvalue weighted by atomic mass is 10.1. The summed E-state index contributed by atoms with van der Waals surface area (Å²) >= 11 is 0. The highest BCUT2D eigenvalue weighted by Crippen LogP contribution is 2.37. The summed E-state index contributed by atoms with van der Waals surface area (Å²) < 4.78 is 5.22. The van der Waals surface area contributed by atoms with E-state index in [2.05, 4.69) is 0 Å². The van der Waals surface area contributed by atoms with Gasteiger partial charge >= 0.3 is 5.97 Å². The third kappa shape index (κ3) is 1.87. The van der Waals surface area contributed by atoms with Crippen LogP contribution in [0.15, 0.2) is 18.2 Å². The minimum Gasteiger partial charge on any atom is -0.508 e. The molecule has 1 aliphatic rings. The molecule has 86 valence electrons. The highest BCUT2D eigenvalue weighted by molar-refractivity contribution is 5.68. The maximum atomic E-state index is 10.4. The Morgan fingerprint density at radius 1 is 1.56 bits per heavy atom. The van der Waals surface area contributed by atoms with Crippen LogP contribution in [0.5, 0.6) is 5.75 Å². The molecule has 2 atom stereocenters. The Bertz CT molecular complexity index is 418. The summed E-state index contributed by atoms with van der Waals surface area (Å²) in [4.78, 5) is 10.4. The summed E-state index contributed by atoms with van der Waals surface area (Å²) in [6.45, 7) is -0.381. The zero-order chi connectivity index (χ0) is 11.7. The first kappa shape index (κ1) is 10.9. The van der Waals surface area contributed by atoms with E-state index in [0.717, 1.165) is 11.1 Å². The normalized spacial score (nSPS) is 23.1. The average Bonchev–Trinajstić information content (AvgIpc) is 2.53. The fourth-order valence-electron chi connectivity index (χ4n) is 2.03. The number of carboxylic acids is 1. The molecule has 5 heteroatoms. The van der Waals surface area contributed by atoms with Gasteiger partial charge in [-0.1, -0.05) is 12.1 Å². The van der Waals surface area contributed by atoms with Gasteiger partial charge in [-0.05, 0) is 18.1 Å². The highest BCUT2D eigenvalue weighted by atomic mass is 16.5. The zero-order valence-electron chi connectivity index (χ0n) is 8.59. The van der Waals surface area contributed by atoms with Crippen LogP contribution in [-0.2, 0) is 16.0 Å². The first-order valence-electron chi connectivity index (χ1n) is 4.99. The second-order valence-electron chi connectivity index (χ2n) is 3.84. The van der Waals surface area contributed by atoms with E-state index in [1.165, 1.54) is 0 Å². The summed E-state index contributed by atoms with van der Waals surface area (Å²) in [5, 5.41) is 18.2. The van der Waals surface area contributed by atoms with E-state index < -0.39 is 12.1 Å². The SMILES string of the molecule is NC1Cc2c(O)cccc2C1OCC(=O)O. The van der Waals surface area contributed by atoms with Gasteiger partial charge in [0.15, 0.2) is 0 Å². The molecule has 5 nitrogen and oxygen atoms in total. The number of hydrogen-bond donors (Lipinski definition) is 3. The van der Waals surface area contributed by atoms with Crippen molar-refractivity contribution in [1.29, 1.82) is 0 Å². The smallest absolute Gasteiger partial charge is 0.329 e. The number of aliphatic carboxylic acids is 1. The molecule has 0 saturated carbocycles. The van der Waals surface area contributed by atoms with E-state index in [1.807, 2.05) is 0 Å². The third-order valence-corrected chi connectivity index (χ3v) is 2.71. The van der Waals surface area contributed by atoms with Crippen LogP contribution >= 0.6 is 0 Å². The van der Waals surface area contributed by atoms with Gasteiger partial charge in [-0.2, -0.15) is 0 Å². The number of benzene rings is 1. The van der Waals surface area contributed by atoms with Crippen molar-refractivity contribution in [2.24, 2.45) is 5.73 Å². The zero-order valence-corrected chi connectivity index (χ0v) is 8.59. The predicted octanol–water partition coefficient (Wildman–Crippen LogP) is 0.418. The number of carboxylic acid groups (broad SMARTS) is 1. The van der Waals surface area contributed by atoms with Crippen LogP contribution in [0.25, 0.3) is 0 Å². The number of aromatic hydroxyl groups is 1. The van der Waals surface area contributed by atoms with Gasteiger partial charge in [0.05, 0.1) is 6.10 Å². The second-order valence-corrected chi connectivity index (χ2v) is 3.84. The summed E-state index contributed by atoms with van der Waals surface area (Å²) in [5.74, 6) is -0.838. The van der Waals surface area contributed by atoms with Gasteiger partial charge in [-0.15, -0.1) is 0 Å². The highest BCUT2D eigenvalue weighted by Gasteiger charge is 2.32. The molecule has 0 amide bonds. The molecule has 16 heavy (non-hydrogen) atoms. The lowest BCUT2D eigenvalue weighted by Gasteiger charge is -2.16. The van der Waals surface area contributed by atoms with Gasteiger partial charge in [0.1, 0.15) is 12.4 Å². The average molecular weight is 223 g/mol. The summed E-state index contributed by atoms with van der Waals surface area (Å²) in [7, 11) is 0. The molecule has 0 bridgehead atoms. The first-order chi connectivity index (χ1) is 7.59. The largest absolute Gasteiger partial charge is 0.508 e. The molecule has 0 fully saturated rings. The van der Waals surface area contributed by atoms with Crippen molar-refractivity contribution in [2.45, 2.75) is 18.6 Å². The van der Waals surface area contributed by atoms with Crippen LogP contribution in [0.2, 0.25) is 0 Å². The van der Waals surface area contributed by atoms with E-state index >= 15 is 0 Å². The molecule has 1 aliphatic carbocycles. The fourth-order valence-corrected chi connectivity index (χ4v) is 2.03. The van der Waals surface area contributed by atoms with Gasteiger partial charge < -0.3 is 20.7 Å². The lowest BCUT2D eigenvalue weighted by Crippen LogP contribution is -2.28. The lowest BCUT2D eigenvalue weighted by molar-refractivity contribution is -0.144. The van der Waals surface area contributed by atoms with Crippen LogP contribution in [0.3, 0.4) is 0 Å². The van der Waals surface area contributed by atoms with Gasteiger partial charge in [-0.3, -0.25) is 0 Å². The number of hydrogen-bond acceptors (Lipinski definition) is 4. The minimum absolute atomic E-state index is 0.189. The Morgan fingerprint density at radius 2 is 2.31 bits per heavy atom. The standard InChI is InChI=1S/C11H13NO4/c12-8-4-7-6(2-1-3-9(7)13)11(8)16-5-10(14)15/h1-3,8,11,13H,4-5,12H2,(H,14,15). The Balaban J connectivity index is 2.22. The van der Waals surface area contributed by atoms with Crippen molar-refractivity contribution in [3.63, 3.8) is 0 Å². The number of fused-ring (bicyclic) bond motifs is 1. The Labute approximate surface area is 92.5 Å². The maximum absolute atomic E-state index is 10.4. The number of phenols is 1. The molecule has 0 radical (unpaired) electrons. The van der Waals surface area contributed by atoms with Gasteiger partial charge in [0.25, 0.3) is 0 Å². The topological polar surface area (TPSA) is 92.8 Å². The molecule has 2 unspecified atom stereocenters. The summed E-state index contributed by atoms with van der Waals surface area (Å²) in [6.07, 6.45) is 0.0601. The van der Waals surface area contributed by atoms with Crippen LogP contribution in [0.1, 0.15) is 17.2 Å². The van der Waals surface area contributed by atoms with Crippen LogP contribution in [0.4, 0.5) is 0 Å². The second kappa shape index (κ2) is 4.11. The molecule has 0 heterocycles. The Morgan fingerprint density at radius 3 is 3.00 bits per heavy atom. The van der Waals surface area contributed by atoms with Crippen molar-refractivity contribution in [1.82, 2.24) is 0 Å². The van der Waals surface area contributed by atoms with Gasteiger partial charge in [0, 0.05) is 11.6 Å². The monoisotopic (exact) mass is 223 g/mol. The molecule has 0 spiro atoms. The third-order valence-electron chi connectivity index (χ3n) is 2.71. The summed E-state index contributed by atoms with van der Waals surface area (Å²) in [5.41, 5.74) is 7.40. The number of ether oxygens (including phenoxy) is 1. The van der Waals surface area contributed by atoms with Crippen molar-refractivity contribution < 1.29 is 19.7 Å². The quantitative estimate of drug-likeness (QED) is 0.690. The Kier molecular flexibility index (Phi) is 2.80.